The molecule has 0 saturated carbocycles. The van der Waals surface area contributed by atoms with Crippen LogP contribution in [0.2, 0.25) is 0 Å². The second kappa shape index (κ2) is 12.8. The normalized spacial score (nSPS) is 14.6. The molecule has 1 radical (unpaired) electrons. The van der Waals surface area contributed by atoms with Crippen LogP contribution in [-0.2, 0) is 24.0 Å². The summed E-state index contributed by atoms with van der Waals surface area (Å²) in [6.45, 7) is 4.81. The van der Waals surface area contributed by atoms with E-state index < -0.39 is 0 Å². The molecule has 1 atom stereocenters. The van der Waals surface area contributed by atoms with E-state index in [-0.39, 0.29) is 48.4 Å². The van der Waals surface area contributed by atoms with E-state index in [9.17, 15) is 24.0 Å². The largest absolute Gasteiger partial charge is 0.296 e. The number of carbonyl (C=O) groups is 4. The van der Waals surface area contributed by atoms with Crippen molar-refractivity contribution < 1.29 is 24.0 Å². The Kier molecular flexibility index (Phi) is 10.8. The van der Waals surface area contributed by atoms with Gasteiger partial charge in [-0.05, 0) is 38.8 Å². The molecule has 29 heavy (non-hydrogen) atoms. The molecule has 2 N–H and O–H groups in total. The quantitative estimate of drug-likeness (QED) is 0.260. The van der Waals surface area contributed by atoms with Crippen molar-refractivity contribution in [1.29, 1.82) is 0 Å². The molecule has 0 aromatic rings. The van der Waals surface area contributed by atoms with E-state index >= 15 is 0 Å². The van der Waals surface area contributed by atoms with Crippen LogP contribution in [0.3, 0.4) is 0 Å². The van der Waals surface area contributed by atoms with Crippen LogP contribution in [0.1, 0.15) is 52.4 Å². The highest BCUT2D eigenvalue weighted by Gasteiger charge is 2.22. The number of hydrazine groups is 1. The van der Waals surface area contributed by atoms with Gasteiger partial charge in [-0.1, -0.05) is 20.3 Å². The molecule has 0 aromatic carbocycles. The lowest BCUT2D eigenvalue weighted by atomic mass is 10.0. The van der Waals surface area contributed by atoms with Gasteiger partial charge in [0.1, 0.15) is 0 Å². The van der Waals surface area contributed by atoms with E-state index in [4.69, 9.17) is 0 Å². The van der Waals surface area contributed by atoms with Crippen LogP contribution in [0.4, 0.5) is 0 Å². The van der Waals surface area contributed by atoms with Gasteiger partial charge < -0.3 is 0 Å². The zero-order chi connectivity index (χ0) is 21.8. The average Bonchev–Trinajstić information content (AvgIpc) is 2.98. The molecule has 0 saturated heterocycles. The van der Waals surface area contributed by atoms with Crippen molar-refractivity contribution >= 4 is 29.9 Å². The molecular weight excluding hydrogens is 376 g/mol. The Bertz CT molecular complexity index is 614. The van der Waals surface area contributed by atoms with Crippen molar-refractivity contribution in [1.82, 2.24) is 20.7 Å². The molecule has 1 aliphatic heterocycles. The van der Waals surface area contributed by atoms with Crippen LogP contribution < -0.4 is 10.9 Å². The average molecular weight is 407 g/mol. The maximum atomic E-state index is 11.8. The first-order valence-corrected chi connectivity index (χ1v) is 9.95. The van der Waals surface area contributed by atoms with E-state index in [1.165, 1.54) is 17.1 Å². The molecule has 1 rings (SSSR count). The summed E-state index contributed by atoms with van der Waals surface area (Å²) in [6, 6.07) is -0.296. The van der Waals surface area contributed by atoms with Crippen molar-refractivity contribution in [2.75, 3.05) is 20.1 Å². The molecule has 0 aliphatic carbocycles. The predicted molar refractivity (Wildman–Crippen MR) is 107 cm³/mol. The molecule has 1 heterocycles. The highest BCUT2D eigenvalue weighted by atomic mass is 16.2. The van der Waals surface area contributed by atoms with Gasteiger partial charge in [0, 0.05) is 31.5 Å². The fraction of sp³-hybridized carbons (Fsp3) is 0.650. The lowest BCUT2D eigenvalue weighted by Gasteiger charge is -2.25. The number of unbranched alkanes of at least 4 members (excludes halogenated alkanes) is 2. The van der Waals surface area contributed by atoms with Gasteiger partial charge in [0.15, 0.2) is 0 Å². The first kappa shape index (κ1) is 24.5. The Balaban J connectivity index is 2.07. The molecule has 0 bridgehead atoms. The fourth-order valence-electron chi connectivity index (χ4n) is 3.01. The highest BCUT2D eigenvalue weighted by Crippen LogP contribution is 2.08. The van der Waals surface area contributed by atoms with Gasteiger partial charge in [-0.2, -0.15) is 0 Å². The monoisotopic (exact) mass is 407 g/mol. The number of carbonyl (C=O) groups excluding carboxylic acids is 5. The fourth-order valence-corrected chi connectivity index (χ4v) is 3.01. The van der Waals surface area contributed by atoms with Crippen molar-refractivity contribution in [2.24, 2.45) is 5.92 Å². The van der Waals surface area contributed by atoms with Crippen molar-refractivity contribution in [3.63, 3.8) is 0 Å². The van der Waals surface area contributed by atoms with Gasteiger partial charge in [0.05, 0.1) is 6.04 Å². The van der Waals surface area contributed by atoms with E-state index in [1.807, 2.05) is 32.1 Å². The smallest absolute Gasteiger partial charge is 0.253 e. The van der Waals surface area contributed by atoms with Gasteiger partial charge >= 0.3 is 0 Å². The Morgan fingerprint density at radius 3 is 2.07 bits per heavy atom. The summed E-state index contributed by atoms with van der Waals surface area (Å²) in [5, 5.41) is 0. The van der Waals surface area contributed by atoms with E-state index in [2.05, 4.69) is 10.9 Å². The van der Waals surface area contributed by atoms with Crippen LogP contribution in [-0.4, -0.2) is 65.9 Å². The van der Waals surface area contributed by atoms with Crippen LogP contribution >= 0.6 is 0 Å². The zero-order valence-corrected chi connectivity index (χ0v) is 17.4. The summed E-state index contributed by atoms with van der Waals surface area (Å²) in [4.78, 5) is 60.3. The number of likely N-dealkylation sites (N-methyl/N-ethyl adjacent to an activating group) is 1. The summed E-state index contributed by atoms with van der Waals surface area (Å²) in [5.41, 5.74) is 4.76. The lowest BCUT2D eigenvalue weighted by molar-refractivity contribution is -0.137. The minimum atomic E-state index is -0.300. The number of hydrogen-bond acceptors (Lipinski definition) is 6. The lowest BCUT2D eigenvalue weighted by Crippen LogP contribution is -2.42. The third-order valence-corrected chi connectivity index (χ3v) is 4.67. The second-order valence-corrected chi connectivity index (χ2v) is 7.46. The van der Waals surface area contributed by atoms with Gasteiger partial charge in [0.2, 0.25) is 18.1 Å². The number of imide groups is 1. The predicted octanol–water partition coefficient (Wildman–Crippen LogP) is 0.466. The summed E-state index contributed by atoms with van der Waals surface area (Å²) >= 11 is 0. The number of rotatable bonds is 13. The molecule has 4 amide bonds. The molecule has 1 aliphatic rings. The molecule has 9 heteroatoms. The van der Waals surface area contributed by atoms with Crippen LogP contribution in [0.15, 0.2) is 12.2 Å². The zero-order valence-electron chi connectivity index (χ0n) is 17.4. The standard InChI is InChI=1S/C20H31N4O5/c1-15(2)16(14-25)23(3)12-7-9-18(27)22-21-17(26)8-5-4-6-13-24-19(28)10-11-20(24)29/h10-11,15-16H,4-9,12-13H2,1-3H3,(H,21,26)(H,22,27)/t16-/m1/s1. The third-order valence-electron chi connectivity index (χ3n) is 4.67. The number of nitrogens with zero attached hydrogens (tertiary/aromatic N) is 2. The minimum Gasteiger partial charge on any atom is -0.296 e. The maximum Gasteiger partial charge on any atom is 0.253 e. The molecule has 0 fully saturated rings. The summed E-state index contributed by atoms with van der Waals surface area (Å²) in [5.74, 6) is -1.03. The molecule has 0 spiro atoms. The molecule has 0 unspecified atom stereocenters. The topological polar surface area (TPSA) is 116 Å². The SMILES string of the molecule is CC(C)[C@@H]([C]=O)N(C)CCCC(=O)NNC(=O)CCCCCN1C(=O)C=CC1=O. The Hall–Kier alpha value is -2.55. The minimum absolute atomic E-state index is 0.151. The number of nitrogens with one attached hydrogen (secondary N) is 2. The first-order valence-electron chi connectivity index (χ1n) is 9.95. The Morgan fingerprint density at radius 1 is 1.00 bits per heavy atom. The van der Waals surface area contributed by atoms with Gasteiger partial charge in [0.25, 0.3) is 11.8 Å². The van der Waals surface area contributed by atoms with E-state index in [1.54, 1.807) is 0 Å². The molecule has 161 valence electrons. The number of amides is 4. The summed E-state index contributed by atoms with van der Waals surface area (Å²) in [7, 11) is 1.82. The van der Waals surface area contributed by atoms with Crippen molar-refractivity contribution in [2.45, 2.75) is 58.4 Å². The van der Waals surface area contributed by atoms with Crippen molar-refractivity contribution in [3.8, 4) is 0 Å². The second-order valence-electron chi connectivity index (χ2n) is 7.46. The van der Waals surface area contributed by atoms with E-state index in [0.29, 0.717) is 38.8 Å². The van der Waals surface area contributed by atoms with Gasteiger partial charge in [-0.15, -0.1) is 0 Å². The van der Waals surface area contributed by atoms with Crippen LogP contribution in [0, 0.1) is 5.92 Å². The van der Waals surface area contributed by atoms with Crippen LogP contribution in [0.25, 0.3) is 0 Å². The van der Waals surface area contributed by atoms with E-state index in [0.717, 1.165) is 0 Å². The molecular formula is C20H31N4O5. The maximum absolute atomic E-state index is 11.8. The van der Waals surface area contributed by atoms with Crippen molar-refractivity contribution in [3.05, 3.63) is 12.2 Å². The Morgan fingerprint density at radius 2 is 1.55 bits per heavy atom. The Labute approximate surface area is 171 Å². The molecule has 9 nitrogen and oxygen atoms in total. The summed E-state index contributed by atoms with van der Waals surface area (Å²) in [6.07, 6.45) is 7.46. The molecule has 0 aromatic heterocycles. The first-order chi connectivity index (χ1) is 13.8. The van der Waals surface area contributed by atoms with Gasteiger partial charge in [-0.25, -0.2) is 0 Å². The highest BCUT2D eigenvalue weighted by molar-refractivity contribution is 6.12. The number of hydrogen-bond donors (Lipinski definition) is 2. The third kappa shape index (κ3) is 8.99. The summed E-state index contributed by atoms with van der Waals surface area (Å²) < 4.78 is 0. The van der Waals surface area contributed by atoms with Gasteiger partial charge in [-0.3, -0.25) is 44.6 Å². The van der Waals surface area contributed by atoms with Crippen LogP contribution in [0.5, 0.6) is 0 Å².